The first-order valence-corrected chi connectivity index (χ1v) is 5.48. The largest absolute Gasteiger partial charge is 0.389 e. The van der Waals surface area contributed by atoms with Crippen LogP contribution in [0.5, 0.6) is 0 Å². The number of nitrogens with zero attached hydrogens (tertiary/aromatic N) is 1. The predicted molar refractivity (Wildman–Crippen MR) is 66.7 cm³/mol. The summed E-state index contributed by atoms with van der Waals surface area (Å²) in [5.74, 6) is 0.309. The van der Waals surface area contributed by atoms with Crippen molar-refractivity contribution < 1.29 is 0 Å². The molecule has 0 saturated carbocycles. The van der Waals surface area contributed by atoms with E-state index in [-0.39, 0.29) is 0 Å². The Bertz CT molecular complexity index is 529. The summed E-state index contributed by atoms with van der Waals surface area (Å²) in [4.78, 5) is 0. The van der Waals surface area contributed by atoms with Crippen LogP contribution >= 0.6 is 11.3 Å². The molecule has 1 heterocycles. The number of hydrogen-bond acceptors (Lipinski definition) is 3. The molecule has 0 aliphatic rings. The predicted octanol–water partition coefficient (Wildman–Crippen LogP) is 1.60. The SMILES string of the molecule is C=C/C(=c1/c(C#N)c(N)sc1=C)C(C)C. The minimum Gasteiger partial charge on any atom is -0.389 e. The monoisotopic (exact) mass is 218 g/mol. The Morgan fingerprint density at radius 1 is 1.60 bits per heavy atom. The van der Waals surface area contributed by atoms with Crippen molar-refractivity contribution in [1.29, 1.82) is 5.26 Å². The van der Waals surface area contributed by atoms with E-state index in [1.165, 1.54) is 11.3 Å². The van der Waals surface area contributed by atoms with E-state index >= 15 is 0 Å². The summed E-state index contributed by atoms with van der Waals surface area (Å²) in [6.45, 7) is 11.8. The van der Waals surface area contributed by atoms with E-state index in [2.05, 4.69) is 33.1 Å². The van der Waals surface area contributed by atoms with E-state index < -0.39 is 0 Å². The van der Waals surface area contributed by atoms with Gasteiger partial charge in [-0.3, -0.25) is 0 Å². The average Bonchev–Trinajstić information content (AvgIpc) is 2.42. The molecule has 3 heteroatoms. The van der Waals surface area contributed by atoms with Crippen LogP contribution in [0.2, 0.25) is 0 Å². The van der Waals surface area contributed by atoms with Crippen LogP contribution in [0.4, 0.5) is 5.00 Å². The third-order valence-corrected chi connectivity index (χ3v) is 3.13. The lowest BCUT2D eigenvalue weighted by Gasteiger charge is -2.04. The summed E-state index contributed by atoms with van der Waals surface area (Å²) in [7, 11) is 0. The molecule has 0 radical (unpaired) electrons. The lowest BCUT2D eigenvalue weighted by Crippen LogP contribution is -2.24. The first kappa shape index (κ1) is 11.5. The highest BCUT2D eigenvalue weighted by molar-refractivity contribution is 7.14. The highest BCUT2D eigenvalue weighted by Gasteiger charge is 2.10. The summed E-state index contributed by atoms with van der Waals surface area (Å²) in [6.07, 6.45) is 1.78. The van der Waals surface area contributed by atoms with Crippen molar-refractivity contribution in [2.75, 3.05) is 5.73 Å². The van der Waals surface area contributed by atoms with Crippen LogP contribution in [0.25, 0.3) is 12.2 Å². The van der Waals surface area contributed by atoms with E-state index in [1.807, 2.05) is 0 Å². The molecule has 0 bridgehead atoms. The van der Waals surface area contributed by atoms with Crippen LogP contribution in [0, 0.1) is 17.2 Å². The van der Waals surface area contributed by atoms with Crippen LogP contribution in [-0.2, 0) is 0 Å². The molecule has 0 fully saturated rings. The van der Waals surface area contributed by atoms with Crippen molar-refractivity contribution in [3.05, 3.63) is 28.0 Å². The molecule has 1 rings (SSSR count). The van der Waals surface area contributed by atoms with Crippen LogP contribution in [0.15, 0.2) is 12.7 Å². The highest BCUT2D eigenvalue weighted by atomic mass is 32.1. The summed E-state index contributed by atoms with van der Waals surface area (Å²) in [6, 6.07) is 2.13. The second-order valence-corrected chi connectivity index (χ2v) is 4.70. The first-order chi connectivity index (χ1) is 7.02. The normalized spacial score (nSPS) is 12.4. The maximum Gasteiger partial charge on any atom is 0.105 e. The summed E-state index contributed by atoms with van der Waals surface area (Å²) < 4.78 is 0.840. The average molecular weight is 218 g/mol. The van der Waals surface area contributed by atoms with E-state index in [0.717, 1.165) is 15.3 Å². The third-order valence-electron chi connectivity index (χ3n) is 2.25. The van der Waals surface area contributed by atoms with E-state index in [1.54, 1.807) is 6.08 Å². The number of nitrogens with two attached hydrogens (primary N) is 1. The number of anilines is 1. The van der Waals surface area contributed by atoms with Gasteiger partial charge in [0.15, 0.2) is 0 Å². The van der Waals surface area contributed by atoms with Crippen molar-refractivity contribution >= 4 is 28.5 Å². The Morgan fingerprint density at radius 3 is 2.60 bits per heavy atom. The Labute approximate surface area is 93.7 Å². The standard InChI is InChI=1S/C12H14N2S/c1-5-9(7(2)3)11-8(4)15-12(14)10(11)6-13/h5,7H,1,4,14H2,2-3H3/b11-9-. The van der Waals surface area contributed by atoms with E-state index in [9.17, 15) is 0 Å². The fraction of sp³-hybridized carbons (Fsp3) is 0.250. The molecule has 1 aromatic rings. The number of hydrogen-bond donors (Lipinski definition) is 1. The molecular weight excluding hydrogens is 204 g/mol. The van der Waals surface area contributed by atoms with Gasteiger partial charge in [-0.2, -0.15) is 5.26 Å². The van der Waals surface area contributed by atoms with Gasteiger partial charge < -0.3 is 5.73 Å². The second kappa shape index (κ2) is 4.33. The fourth-order valence-corrected chi connectivity index (χ4v) is 2.38. The molecule has 0 saturated heterocycles. The van der Waals surface area contributed by atoms with Gasteiger partial charge in [-0.25, -0.2) is 0 Å². The third kappa shape index (κ3) is 1.95. The molecule has 0 spiro atoms. The number of nitrogen functional groups attached to an aromatic ring is 1. The number of allylic oxidation sites excluding steroid dienone is 1. The molecule has 0 aromatic carbocycles. The lowest BCUT2D eigenvalue weighted by molar-refractivity contribution is 0.855. The zero-order valence-electron chi connectivity index (χ0n) is 9.00. The van der Waals surface area contributed by atoms with Crippen molar-refractivity contribution in [3.8, 4) is 6.07 Å². The van der Waals surface area contributed by atoms with Gasteiger partial charge in [0.25, 0.3) is 0 Å². The Morgan fingerprint density at radius 2 is 2.20 bits per heavy atom. The smallest absolute Gasteiger partial charge is 0.105 e. The molecular formula is C12H14N2S. The minimum absolute atomic E-state index is 0.309. The molecule has 0 amide bonds. The van der Waals surface area contributed by atoms with Gasteiger partial charge >= 0.3 is 0 Å². The van der Waals surface area contributed by atoms with Crippen molar-refractivity contribution in [2.45, 2.75) is 13.8 Å². The summed E-state index contributed by atoms with van der Waals surface area (Å²) in [5.41, 5.74) is 7.32. The minimum atomic E-state index is 0.309. The second-order valence-electron chi connectivity index (χ2n) is 3.57. The number of rotatable bonds is 2. The summed E-state index contributed by atoms with van der Waals surface area (Å²) >= 11 is 1.36. The van der Waals surface area contributed by atoms with Gasteiger partial charge in [0.05, 0.1) is 5.56 Å². The fourth-order valence-electron chi connectivity index (χ4n) is 1.54. The lowest BCUT2D eigenvalue weighted by atomic mass is 9.99. The Hall–Kier alpha value is -1.53. The first-order valence-electron chi connectivity index (χ1n) is 4.66. The highest BCUT2D eigenvalue weighted by Crippen LogP contribution is 2.14. The van der Waals surface area contributed by atoms with Gasteiger partial charge in [-0.05, 0) is 11.5 Å². The molecule has 0 atom stereocenters. The van der Waals surface area contributed by atoms with E-state index in [0.29, 0.717) is 16.5 Å². The maximum atomic E-state index is 9.04. The topological polar surface area (TPSA) is 49.8 Å². The maximum absolute atomic E-state index is 9.04. The van der Waals surface area contributed by atoms with Crippen molar-refractivity contribution in [2.24, 2.45) is 5.92 Å². The molecule has 0 unspecified atom stereocenters. The van der Waals surface area contributed by atoms with Crippen LogP contribution in [0.1, 0.15) is 19.4 Å². The Kier molecular flexibility index (Phi) is 3.33. The van der Waals surface area contributed by atoms with Gasteiger partial charge in [0, 0.05) is 9.75 Å². The molecule has 1 aromatic heterocycles. The molecule has 2 nitrogen and oxygen atoms in total. The van der Waals surface area contributed by atoms with Crippen LogP contribution in [-0.4, -0.2) is 0 Å². The number of thiophene rings is 1. The van der Waals surface area contributed by atoms with Gasteiger partial charge in [0.2, 0.25) is 0 Å². The van der Waals surface area contributed by atoms with Crippen LogP contribution in [0.3, 0.4) is 0 Å². The molecule has 78 valence electrons. The Balaban J connectivity index is 3.84. The van der Waals surface area contributed by atoms with Gasteiger partial charge in [0.1, 0.15) is 11.1 Å². The van der Waals surface area contributed by atoms with Crippen molar-refractivity contribution in [3.63, 3.8) is 0 Å². The molecule has 0 aliphatic heterocycles. The molecule has 15 heavy (non-hydrogen) atoms. The van der Waals surface area contributed by atoms with Gasteiger partial charge in [-0.1, -0.05) is 33.1 Å². The van der Waals surface area contributed by atoms with Crippen LogP contribution < -0.4 is 15.5 Å². The quantitative estimate of drug-likeness (QED) is 0.819. The van der Waals surface area contributed by atoms with Crippen molar-refractivity contribution in [1.82, 2.24) is 0 Å². The number of nitriles is 1. The van der Waals surface area contributed by atoms with Gasteiger partial charge in [-0.15, -0.1) is 11.3 Å². The zero-order valence-corrected chi connectivity index (χ0v) is 9.82. The van der Waals surface area contributed by atoms with E-state index in [4.69, 9.17) is 11.0 Å². The summed E-state index contributed by atoms with van der Waals surface area (Å²) in [5, 5.41) is 10.4. The molecule has 2 N–H and O–H groups in total. The zero-order chi connectivity index (χ0) is 11.6. The molecule has 0 aliphatic carbocycles.